The highest BCUT2D eigenvalue weighted by Crippen LogP contribution is 2.26. The van der Waals surface area contributed by atoms with E-state index >= 15 is 0 Å². The number of carbonyl (C=O) groups excluding carboxylic acids is 1. The fourth-order valence-corrected chi connectivity index (χ4v) is 3.93. The largest absolute Gasteiger partial charge is 0.379 e. The topological polar surface area (TPSA) is 115 Å². The second-order valence-electron chi connectivity index (χ2n) is 8.18. The Kier molecular flexibility index (Phi) is 5.44. The quantitative estimate of drug-likeness (QED) is 0.517. The van der Waals surface area contributed by atoms with Crippen molar-refractivity contribution in [2.45, 2.75) is 37.5 Å². The van der Waals surface area contributed by atoms with Gasteiger partial charge in [-0.25, -0.2) is 13.8 Å². The number of hydrogen-bond acceptors (Lipinski definition) is 7. The van der Waals surface area contributed by atoms with E-state index in [1.165, 1.54) is 21.5 Å². The van der Waals surface area contributed by atoms with Crippen LogP contribution in [0.5, 0.6) is 0 Å². The van der Waals surface area contributed by atoms with Crippen molar-refractivity contribution >= 4 is 28.9 Å². The second-order valence-corrected chi connectivity index (χ2v) is 8.18. The average molecular weight is 459 g/mol. The molecule has 1 saturated carbocycles. The molecule has 12 heteroatoms. The zero-order valence-electron chi connectivity index (χ0n) is 17.8. The van der Waals surface area contributed by atoms with Crippen molar-refractivity contribution < 1.29 is 18.3 Å². The summed E-state index contributed by atoms with van der Waals surface area (Å²) in [7, 11) is 1.66. The summed E-state index contributed by atoms with van der Waals surface area (Å²) in [6.45, 7) is 0.961. The van der Waals surface area contributed by atoms with E-state index in [9.17, 15) is 18.4 Å². The SMILES string of the molecule is CNc1cc(Nc2cc(F)cn(C3CCCOC3)c2=O)nc2c(C(=O)N[C@@H]3C[C@@H]3F)cnn12. The minimum absolute atomic E-state index is 0.00300. The van der Waals surface area contributed by atoms with Gasteiger partial charge in [-0.3, -0.25) is 9.59 Å². The highest BCUT2D eigenvalue weighted by molar-refractivity contribution is 6.00. The molecule has 1 amide bonds. The van der Waals surface area contributed by atoms with Gasteiger partial charge < -0.3 is 25.3 Å². The third kappa shape index (κ3) is 4.13. The van der Waals surface area contributed by atoms with E-state index in [0.29, 0.717) is 25.5 Å². The van der Waals surface area contributed by atoms with Gasteiger partial charge in [0.05, 0.1) is 24.9 Å². The molecule has 1 aliphatic heterocycles. The second kappa shape index (κ2) is 8.43. The molecular formula is C21H23F2N7O3. The van der Waals surface area contributed by atoms with Gasteiger partial charge in [-0.15, -0.1) is 0 Å². The Labute approximate surface area is 186 Å². The van der Waals surface area contributed by atoms with Gasteiger partial charge >= 0.3 is 0 Å². The lowest BCUT2D eigenvalue weighted by molar-refractivity contribution is 0.0577. The summed E-state index contributed by atoms with van der Waals surface area (Å²) >= 11 is 0. The smallest absolute Gasteiger partial charge is 0.274 e. The summed E-state index contributed by atoms with van der Waals surface area (Å²) in [5, 5.41) is 12.6. The fourth-order valence-electron chi connectivity index (χ4n) is 3.93. The molecule has 33 heavy (non-hydrogen) atoms. The van der Waals surface area contributed by atoms with Gasteiger partial charge in [0.25, 0.3) is 11.5 Å². The molecule has 2 aliphatic rings. The predicted octanol–water partition coefficient (Wildman–Crippen LogP) is 2.01. The number of fused-ring (bicyclic) bond motifs is 1. The summed E-state index contributed by atoms with van der Waals surface area (Å²) < 4.78 is 35.8. The number of carbonyl (C=O) groups is 1. The van der Waals surface area contributed by atoms with Crippen LogP contribution in [0.1, 0.15) is 35.7 Å². The molecule has 3 aromatic heterocycles. The molecule has 2 fully saturated rings. The molecule has 0 radical (unpaired) electrons. The molecule has 4 heterocycles. The standard InChI is InChI=1S/C21H23F2N7O3/c1-24-18-7-17(28-19-13(8-25-30(18)19)20(31)27-15-6-14(15)23)26-16-5-11(22)9-29(21(16)32)12-3-2-4-33-10-12/h5,7-9,12,14-15,24H,2-4,6,10H2,1H3,(H,26,28)(H,27,31)/t12?,14-,15+/m0/s1. The van der Waals surface area contributed by atoms with Gasteiger partial charge in [0, 0.05) is 38.4 Å². The van der Waals surface area contributed by atoms with Crippen molar-refractivity contribution in [2.24, 2.45) is 0 Å². The van der Waals surface area contributed by atoms with E-state index in [2.05, 4.69) is 26.0 Å². The fraction of sp³-hybridized carbons (Fsp3) is 0.429. The van der Waals surface area contributed by atoms with Crippen molar-refractivity contribution in [1.29, 1.82) is 0 Å². The summed E-state index contributed by atoms with van der Waals surface area (Å²) in [4.78, 5) is 30.0. The molecule has 1 aliphatic carbocycles. The Morgan fingerprint density at radius 1 is 1.33 bits per heavy atom. The number of halogens is 2. The first-order valence-electron chi connectivity index (χ1n) is 10.7. The summed E-state index contributed by atoms with van der Waals surface area (Å²) in [6, 6.07) is 1.93. The summed E-state index contributed by atoms with van der Waals surface area (Å²) in [6.07, 6.45) is 3.26. The molecular weight excluding hydrogens is 436 g/mol. The van der Waals surface area contributed by atoms with Crippen LogP contribution in [0.4, 0.5) is 26.1 Å². The van der Waals surface area contributed by atoms with Gasteiger partial charge in [-0.1, -0.05) is 0 Å². The number of alkyl halides is 1. The highest BCUT2D eigenvalue weighted by Gasteiger charge is 2.39. The molecule has 1 unspecified atom stereocenters. The number of hydrogen-bond donors (Lipinski definition) is 3. The maximum Gasteiger partial charge on any atom is 0.274 e. The molecule has 3 N–H and O–H groups in total. The number of ether oxygens (including phenoxy) is 1. The molecule has 5 rings (SSSR count). The number of aromatic nitrogens is 4. The van der Waals surface area contributed by atoms with E-state index < -0.39 is 29.5 Å². The third-order valence-corrected chi connectivity index (χ3v) is 5.80. The van der Waals surface area contributed by atoms with Crippen LogP contribution in [0.2, 0.25) is 0 Å². The number of nitrogens with zero attached hydrogens (tertiary/aromatic N) is 4. The zero-order chi connectivity index (χ0) is 23.1. The van der Waals surface area contributed by atoms with Gasteiger partial charge in [0.1, 0.15) is 34.9 Å². The van der Waals surface area contributed by atoms with E-state index in [1.807, 2.05) is 0 Å². The minimum atomic E-state index is -1.04. The van der Waals surface area contributed by atoms with Crippen LogP contribution in [0.25, 0.3) is 5.65 Å². The van der Waals surface area contributed by atoms with Crippen LogP contribution in [-0.2, 0) is 4.74 Å². The first kappa shape index (κ1) is 21.3. The van der Waals surface area contributed by atoms with Gasteiger partial charge in [-0.2, -0.15) is 9.61 Å². The van der Waals surface area contributed by atoms with Crippen molar-refractivity contribution in [1.82, 2.24) is 24.5 Å². The average Bonchev–Trinajstić information content (AvgIpc) is 3.33. The Morgan fingerprint density at radius 2 is 2.15 bits per heavy atom. The summed E-state index contributed by atoms with van der Waals surface area (Å²) in [5.74, 6) is -0.376. The van der Waals surface area contributed by atoms with Crippen molar-refractivity contribution in [3.05, 3.63) is 46.3 Å². The van der Waals surface area contributed by atoms with E-state index in [-0.39, 0.29) is 35.2 Å². The van der Waals surface area contributed by atoms with Crippen LogP contribution < -0.4 is 21.5 Å². The van der Waals surface area contributed by atoms with Crippen LogP contribution in [-0.4, -0.2) is 57.5 Å². The molecule has 10 nitrogen and oxygen atoms in total. The molecule has 3 atom stereocenters. The third-order valence-electron chi connectivity index (χ3n) is 5.80. The van der Waals surface area contributed by atoms with Crippen LogP contribution >= 0.6 is 0 Å². The van der Waals surface area contributed by atoms with Crippen LogP contribution in [0.3, 0.4) is 0 Å². The van der Waals surface area contributed by atoms with E-state index in [0.717, 1.165) is 12.5 Å². The molecule has 1 saturated heterocycles. The van der Waals surface area contributed by atoms with Gasteiger partial charge in [-0.05, 0) is 12.8 Å². The Hall–Kier alpha value is -3.54. The number of pyridine rings is 1. The Morgan fingerprint density at radius 3 is 2.85 bits per heavy atom. The number of amides is 1. The number of rotatable bonds is 6. The number of anilines is 3. The lowest BCUT2D eigenvalue weighted by Gasteiger charge is -2.24. The summed E-state index contributed by atoms with van der Waals surface area (Å²) in [5.41, 5.74) is -0.0439. The van der Waals surface area contributed by atoms with Gasteiger partial charge in [0.15, 0.2) is 5.65 Å². The first-order valence-corrected chi connectivity index (χ1v) is 10.7. The maximum absolute atomic E-state index is 14.4. The van der Waals surface area contributed by atoms with Crippen molar-refractivity contribution in [2.75, 3.05) is 30.9 Å². The maximum atomic E-state index is 14.4. The predicted molar refractivity (Wildman–Crippen MR) is 116 cm³/mol. The molecule has 174 valence electrons. The van der Waals surface area contributed by atoms with E-state index in [4.69, 9.17) is 4.74 Å². The first-order chi connectivity index (χ1) is 15.9. The monoisotopic (exact) mass is 459 g/mol. The minimum Gasteiger partial charge on any atom is -0.379 e. The molecule has 0 bridgehead atoms. The zero-order valence-corrected chi connectivity index (χ0v) is 17.8. The van der Waals surface area contributed by atoms with Crippen LogP contribution in [0.15, 0.2) is 29.3 Å². The Bertz CT molecular complexity index is 1270. The van der Waals surface area contributed by atoms with Crippen LogP contribution in [0, 0.1) is 5.82 Å². The van der Waals surface area contributed by atoms with Crippen molar-refractivity contribution in [3.63, 3.8) is 0 Å². The molecule has 0 spiro atoms. The van der Waals surface area contributed by atoms with Gasteiger partial charge in [0.2, 0.25) is 0 Å². The lowest BCUT2D eigenvalue weighted by Crippen LogP contribution is -2.31. The van der Waals surface area contributed by atoms with E-state index in [1.54, 1.807) is 13.1 Å². The molecule has 0 aromatic carbocycles. The van der Waals surface area contributed by atoms with Crippen molar-refractivity contribution in [3.8, 4) is 0 Å². The number of nitrogens with one attached hydrogen (secondary N) is 3. The highest BCUT2D eigenvalue weighted by atomic mass is 19.1. The molecule has 3 aromatic rings. The normalized spacial score (nSPS) is 22.2. The Balaban J connectivity index is 1.50. The lowest BCUT2D eigenvalue weighted by atomic mass is 10.1.